The fourth-order valence-electron chi connectivity index (χ4n) is 3.21. The number of hydrogen-bond acceptors (Lipinski definition) is 2. The molecule has 0 spiro atoms. The molecule has 0 aliphatic heterocycles. The first-order valence-electron chi connectivity index (χ1n) is 7.58. The van der Waals surface area contributed by atoms with Gasteiger partial charge in [0.1, 0.15) is 11.5 Å². The molecule has 3 heteroatoms. The van der Waals surface area contributed by atoms with Crippen LogP contribution >= 0.6 is 17.0 Å². The number of aromatic hydroxyl groups is 2. The van der Waals surface area contributed by atoms with Crippen molar-refractivity contribution in [2.45, 2.75) is 6.92 Å². The number of phenols is 2. The first-order valence-corrected chi connectivity index (χ1v) is 7.58. The third-order valence-electron chi connectivity index (χ3n) is 4.43. The van der Waals surface area contributed by atoms with Crippen molar-refractivity contribution in [2.75, 3.05) is 0 Å². The van der Waals surface area contributed by atoms with E-state index < -0.39 is 0 Å². The van der Waals surface area contributed by atoms with Gasteiger partial charge in [-0.2, -0.15) is 0 Å². The molecule has 4 aromatic rings. The molecule has 0 unspecified atom stereocenters. The van der Waals surface area contributed by atoms with Crippen molar-refractivity contribution in [2.24, 2.45) is 0 Å². The lowest BCUT2D eigenvalue weighted by molar-refractivity contribution is 0.458. The summed E-state index contributed by atoms with van der Waals surface area (Å²) in [5.74, 6) is 0.372. The summed E-state index contributed by atoms with van der Waals surface area (Å²) in [7, 11) is 0. The molecule has 0 aliphatic carbocycles. The Balaban J connectivity index is 0.00000169. The van der Waals surface area contributed by atoms with Crippen LogP contribution in [-0.2, 0) is 0 Å². The standard InChI is InChI=1S/C21H16O2.BrH/c1-13-19(22)9-10-20(23)21(13)17-8-4-7-16-11-14-5-2-3-6-15(14)12-18(16)17;/h2-12,22-23H,1H3;1H. The van der Waals surface area contributed by atoms with E-state index in [1.165, 1.54) is 17.5 Å². The predicted molar refractivity (Wildman–Crippen MR) is 105 cm³/mol. The van der Waals surface area contributed by atoms with Crippen LogP contribution in [0.1, 0.15) is 5.56 Å². The Kier molecular flexibility index (Phi) is 4.20. The van der Waals surface area contributed by atoms with Gasteiger partial charge in [0.2, 0.25) is 0 Å². The summed E-state index contributed by atoms with van der Waals surface area (Å²) in [5, 5.41) is 24.9. The summed E-state index contributed by atoms with van der Waals surface area (Å²) in [6, 6.07) is 21.6. The van der Waals surface area contributed by atoms with Crippen molar-refractivity contribution in [1.82, 2.24) is 0 Å². The van der Waals surface area contributed by atoms with Gasteiger partial charge in [-0.25, -0.2) is 0 Å². The maximum atomic E-state index is 10.3. The van der Waals surface area contributed by atoms with Crippen LogP contribution in [0, 0.1) is 6.92 Å². The fraction of sp³-hybridized carbons (Fsp3) is 0.0476. The zero-order chi connectivity index (χ0) is 16.0. The lowest BCUT2D eigenvalue weighted by atomic mass is 9.92. The minimum absolute atomic E-state index is 0. The molecule has 0 atom stereocenters. The summed E-state index contributed by atoms with van der Waals surface area (Å²) in [6.07, 6.45) is 0. The van der Waals surface area contributed by atoms with Gasteiger partial charge in [-0.1, -0.05) is 42.5 Å². The average Bonchev–Trinajstić information content (AvgIpc) is 2.57. The monoisotopic (exact) mass is 380 g/mol. The molecule has 24 heavy (non-hydrogen) atoms. The van der Waals surface area contributed by atoms with Crippen LogP contribution in [0.15, 0.2) is 66.7 Å². The molecule has 120 valence electrons. The minimum Gasteiger partial charge on any atom is -0.508 e. The third-order valence-corrected chi connectivity index (χ3v) is 4.43. The van der Waals surface area contributed by atoms with Crippen LogP contribution in [0.3, 0.4) is 0 Å². The summed E-state index contributed by atoms with van der Waals surface area (Å²) in [6.45, 7) is 1.82. The van der Waals surface area contributed by atoms with E-state index in [2.05, 4.69) is 30.3 Å². The van der Waals surface area contributed by atoms with Crippen molar-refractivity contribution in [3.8, 4) is 22.6 Å². The summed E-state index contributed by atoms with van der Waals surface area (Å²) in [5.41, 5.74) is 2.30. The van der Waals surface area contributed by atoms with E-state index in [0.29, 0.717) is 11.1 Å². The van der Waals surface area contributed by atoms with Crippen LogP contribution in [0.25, 0.3) is 32.7 Å². The Morgan fingerprint density at radius 3 is 2.04 bits per heavy atom. The largest absolute Gasteiger partial charge is 0.508 e. The van der Waals surface area contributed by atoms with Gasteiger partial charge in [-0.3, -0.25) is 0 Å². The summed E-state index contributed by atoms with van der Waals surface area (Å²) in [4.78, 5) is 0. The first kappa shape index (κ1) is 16.3. The number of benzene rings is 4. The van der Waals surface area contributed by atoms with Gasteiger partial charge < -0.3 is 10.2 Å². The Labute approximate surface area is 150 Å². The molecule has 0 bridgehead atoms. The molecular weight excluding hydrogens is 364 g/mol. The molecule has 4 rings (SSSR count). The second kappa shape index (κ2) is 6.17. The van der Waals surface area contributed by atoms with Gasteiger partial charge in [-0.05, 0) is 58.3 Å². The highest BCUT2D eigenvalue weighted by Gasteiger charge is 2.14. The molecule has 2 N–H and O–H groups in total. The normalized spacial score (nSPS) is 10.7. The van der Waals surface area contributed by atoms with Crippen molar-refractivity contribution < 1.29 is 10.2 Å². The molecule has 0 radical (unpaired) electrons. The zero-order valence-corrected chi connectivity index (χ0v) is 14.9. The smallest absolute Gasteiger partial charge is 0.123 e. The highest BCUT2D eigenvalue weighted by atomic mass is 79.9. The molecular formula is C21H17BrO2. The van der Waals surface area contributed by atoms with Gasteiger partial charge >= 0.3 is 0 Å². The molecule has 2 nitrogen and oxygen atoms in total. The topological polar surface area (TPSA) is 40.5 Å². The summed E-state index contributed by atoms with van der Waals surface area (Å²) < 4.78 is 0. The quantitative estimate of drug-likeness (QED) is 0.316. The number of rotatable bonds is 1. The van der Waals surface area contributed by atoms with Gasteiger partial charge in [0.25, 0.3) is 0 Å². The first-order chi connectivity index (χ1) is 11.1. The molecule has 0 heterocycles. The van der Waals surface area contributed by atoms with Crippen LogP contribution in [0.5, 0.6) is 11.5 Å². The van der Waals surface area contributed by atoms with Gasteiger partial charge in [0.05, 0.1) is 0 Å². The second-order valence-electron chi connectivity index (χ2n) is 5.83. The molecule has 0 saturated heterocycles. The highest BCUT2D eigenvalue weighted by Crippen LogP contribution is 2.40. The lowest BCUT2D eigenvalue weighted by Crippen LogP contribution is -1.88. The molecule has 0 amide bonds. The zero-order valence-electron chi connectivity index (χ0n) is 13.2. The number of fused-ring (bicyclic) bond motifs is 2. The number of halogens is 1. The van der Waals surface area contributed by atoms with E-state index in [9.17, 15) is 10.2 Å². The second-order valence-corrected chi connectivity index (χ2v) is 5.83. The van der Waals surface area contributed by atoms with Crippen molar-refractivity contribution in [1.29, 1.82) is 0 Å². The molecule has 0 fully saturated rings. The Morgan fingerprint density at radius 1 is 0.667 bits per heavy atom. The van der Waals surface area contributed by atoms with Gasteiger partial charge in [-0.15, -0.1) is 17.0 Å². The minimum atomic E-state index is 0. The fourth-order valence-corrected chi connectivity index (χ4v) is 3.21. The number of phenolic OH excluding ortho intramolecular Hbond substituents is 2. The van der Waals surface area contributed by atoms with Crippen LogP contribution in [0.4, 0.5) is 0 Å². The van der Waals surface area contributed by atoms with Crippen LogP contribution < -0.4 is 0 Å². The maximum Gasteiger partial charge on any atom is 0.123 e. The van der Waals surface area contributed by atoms with Crippen molar-refractivity contribution in [3.05, 3.63) is 72.3 Å². The van der Waals surface area contributed by atoms with Crippen molar-refractivity contribution >= 4 is 38.5 Å². The molecule has 0 aromatic heterocycles. The summed E-state index contributed by atoms with van der Waals surface area (Å²) >= 11 is 0. The molecule has 4 aromatic carbocycles. The van der Waals surface area contributed by atoms with Gasteiger partial charge in [0, 0.05) is 11.1 Å². The van der Waals surface area contributed by atoms with E-state index in [0.717, 1.165) is 21.7 Å². The van der Waals surface area contributed by atoms with Gasteiger partial charge in [0.15, 0.2) is 0 Å². The van der Waals surface area contributed by atoms with Crippen LogP contribution in [0.2, 0.25) is 0 Å². The molecule has 0 aliphatic rings. The van der Waals surface area contributed by atoms with E-state index in [1.807, 2.05) is 31.2 Å². The van der Waals surface area contributed by atoms with Crippen LogP contribution in [-0.4, -0.2) is 10.2 Å². The number of hydrogen-bond donors (Lipinski definition) is 2. The average molecular weight is 381 g/mol. The SMILES string of the molecule is Br.Cc1c(O)ccc(O)c1-c1cccc2cc3ccccc3cc12. The Hall–Kier alpha value is -2.52. The third kappa shape index (κ3) is 2.51. The predicted octanol–water partition coefficient (Wildman–Crippen LogP) is 5.96. The Bertz CT molecular complexity index is 1050. The van der Waals surface area contributed by atoms with E-state index in [4.69, 9.17) is 0 Å². The maximum absolute atomic E-state index is 10.3. The van der Waals surface area contributed by atoms with Crippen molar-refractivity contribution in [3.63, 3.8) is 0 Å². The van der Waals surface area contributed by atoms with E-state index >= 15 is 0 Å². The molecule has 0 saturated carbocycles. The van der Waals surface area contributed by atoms with E-state index in [1.54, 1.807) is 0 Å². The van der Waals surface area contributed by atoms with E-state index in [-0.39, 0.29) is 28.5 Å². The highest BCUT2D eigenvalue weighted by molar-refractivity contribution is 8.93. The Morgan fingerprint density at radius 2 is 1.29 bits per heavy atom. The lowest BCUT2D eigenvalue weighted by Gasteiger charge is -2.13.